The number of hydrogen-bond acceptors (Lipinski definition) is 8. The molecule has 214 valence electrons. The fourth-order valence-electron chi connectivity index (χ4n) is 4.07. The van der Waals surface area contributed by atoms with E-state index in [0.717, 1.165) is 33.5 Å². The Morgan fingerprint density at radius 2 is 1.78 bits per heavy atom. The third kappa shape index (κ3) is 7.56. The van der Waals surface area contributed by atoms with Crippen LogP contribution in [0.2, 0.25) is 0 Å². The third-order valence-electron chi connectivity index (χ3n) is 6.06. The van der Waals surface area contributed by atoms with Gasteiger partial charge in [-0.25, -0.2) is 0 Å². The summed E-state index contributed by atoms with van der Waals surface area (Å²) in [6.07, 6.45) is 1.52. The molecule has 3 aromatic rings. The molecule has 0 spiro atoms. The van der Waals surface area contributed by atoms with Gasteiger partial charge < -0.3 is 14.2 Å². The molecule has 1 aliphatic rings. The van der Waals surface area contributed by atoms with E-state index in [0.29, 0.717) is 11.3 Å². The van der Waals surface area contributed by atoms with Gasteiger partial charge in [-0.15, -0.1) is 0 Å². The summed E-state index contributed by atoms with van der Waals surface area (Å²) in [5.41, 5.74) is 3.05. The highest BCUT2D eigenvalue weighted by Crippen LogP contribution is 2.33. The van der Waals surface area contributed by atoms with Crippen molar-refractivity contribution in [3.05, 3.63) is 88.3 Å². The molecule has 1 saturated heterocycles. The zero-order valence-corrected chi connectivity index (χ0v) is 24.7. The summed E-state index contributed by atoms with van der Waals surface area (Å²) in [5, 5.41) is 2.16. The number of rotatable bonds is 10. The quantitative estimate of drug-likeness (QED) is 0.226. The molecule has 1 heterocycles. The van der Waals surface area contributed by atoms with E-state index in [1.807, 2.05) is 25.1 Å². The van der Waals surface area contributed by atoms with Gasteiger partial charge in [-0.1, -0.05) is 38.1 Å². The van der Waals surface area contributed by atoms with E-state index in [-0.39, 0.29) is 40.5 Å². The van der Waals surface area contributed by atoms with Gasteiger partial charge >= 0.3 is 10.1 Å². The first-order valence-corrected chi connectivity index (χ1v) is 15.1. The normalized spacial score (nSPS) is 14.6. The second-order valence-corrected chi connectivity index (χ2v) is 12.2. The third-order valence-corrected chi connectivity index (χ3v) is 8.23. The maximum atomic E-state index is 13.0. The van der Waals surface area contributed by atoms with Gasteiger partial charge in [0.05, 0.1) is 11.4 Å². The van der Waals surface area contributed by atoms with Crippen molar-refractivity contribution >= 4 is 50.7 Å². The molecule has 3 aromatic carbocycles. The lowest BCUT2D eigenvalue weighted by molar-refractivity contribution is -0.123. The number of carbonyl (C=O) groups is 3. The van der Waals surface area contributed by atoms with Crippen LogP contribution in [0, 0.1) is 6.92 Å². The lowest BCUT2D eigenvalue weighted by Crippen LogP contribution is -2.32. The summed E-state index contributed by atoms with van der Waals surface area (Å²) in [7, 11) is -4.16. The summed E-state index contributed by atoms with van der Waals surface area (Å²) in [4.78, 5) is 38.0. The zero-order valence-electron chi connectivity index (χ0n) is 23.0. The smallest absolute Gasteiger partial charge is 0.339 e. The molecule has 3 amide bonds. The first-order valence-electron chi connectivity index (χ1n) is 12.8. The Bertz CT molecular complexity index is 1610. The predicted molar refractivity (Wildman–Crippen MR) is 158 cm³/mol. The van der Waals surface area contributed by atoms with Crippen LogP contribution in [0.5, 0.6) is 11.5 Å². The average Bonchev–Trinajstić information content (AvgIpc) is 3.15. The van der Waals surface area contributed by atoms with Gasteiger partial charge in [-0.2, -0.15) is 8.42 Å². The molecule has 4 rings (SSSR count). The van der Waals surface area contributed by atoms with Crippen molar-refractivity contribution < 1.29 is 31.7 Å². The first-order chi connectivity index (χ1) is 19.4. The lowest BCUT2D eigenvalue weighted by atomic mass is 10.0. The van der Waals surface area contributed by atoms with E-state index in [1.165, 1.54) is 49.4 Å². The number of amides is 3. The maximum Gasteiger partial charge on any atom is 0.339 e. The minimum atomic E-state index is -4.16. The van der Waals surface area contributed by atoms with Gasteiger partial charge in [0.2, 0.25) is 5.91 Å². The van der Waals surface area contributed by atoms with Crippen LogP contribution in [0.25, 0.3) is 6.08 Å². The number of imide groups is 1. The number of anilines is 1. The number of nitrogens with zero attached hydrogens (tertiary/aromatic N) is 1. The minimum Gasteiger partial charge on any atom is -0.491 e. The van der Waals surface area contributed by atoms with E-state index < -0.39 is 21.3 Å². The van der Waals surface area contributed by atoms with Crippen LogP contribution in [-0.4, -0.2) is 43.5 Å². The summed E-state index contributed by atoms with van der Waals surface area (Å²) in [5.74, 6) is 0.308. The van der Waals surface area contributed by atoms with Crippen LogP contribution in [0.4, 0.5) is 10.5 Å². The molecule has 0 saturated carbocycles. The van der Waals surface area contributed by atoms with Crippen molar-refractivity contribution in [2.75, 3.05) is 18.5 Å². The number of carbonyl (C=O) groups excluding carboxylic acids is 3. The van der Waals surface area contributed by atoms with Crippen LogP contribution in [0.15, 0.2) is 76.5 Å². The average molecular weight is 595 g/mol. The van der Waals surface area contributed by atoms with Crippen LogP contribution in [0.3, 0.4) is 0 Å². The molecule has 0 unspecified atom stereocenters. The molecule has 1 fully saturated rings. The Kier molecular flexibility index (Phi) is 9.19. The topological polar surface area (TPSA) is 119 Å². The molecule has 9 nitrogen and oxygen atoms in total. The number of aryl methyl sites for hydroxylation is 1. The van der Waals surface area contributed by atoms with Crippen LogP contribution in [-0.2, 0) is 19.7 Å². The second-order valence-electron chi connectivity index (χ2n) is 9.69. The summed E-state index contributed by atoms with van der Waals surface area (Å²) < 4.78 is 36.8. The molecular weight excluding hydrogens is 564 g/mol. The van der Waals surface area contributed by atoms with Gasteiger partial charge in [0, 0.05) is 12.6 Å². The van der Waals surface area contributed by atoms with Gasteiger partial charge in [0.15, 0.2) is 0 Å². The highest BCUT2D eigenvalue weighted by molar-refractivity contribution is 8.18. The summed E-state index contributed by atoms with van der Waals surface area (Å²) in [6, 6.07) is 17.7. The van der Waals surface area contributed by atoms with Gasteiger partial charge in [0.25, 0.3) is 11.1 Å². The molecule has 0 bridgehead atoms. The van der Waals surface area contributed by atoms with E-state index in [9.17, 15) is 22.8 Å². The molecule has 0 aliphatic carbocycles. The van der Waals surface area contributed by atoms with E-state index in [4.69, 9.17) is 8.92 Å². The monoisotopic (exact) mass is 594 g/mol. The van der Waals surface area contributed by atoms with E-state index in [2.05, 4.69) is 19.2 Å². The van der Waals surface area contributed by atoms with Gasteiger partial charge in [-0.3, -0.25) is 19.3 Å². The number of nitrogens with one attached hydrogen (secondary N) is 1. The minimum absolute atomic E-state index is 0.0384. The summed E-state index contributed by atoms with van der Waals surface area (Å²) in [6.45, 7) is 7.71. The Morgan fingerprint density at radius 3 is 2.46 bits per heavy atom. The Balaban J connectivity index is 1.42. The van der Waals surface area contributed by atoms with Crippen molar-refractivity contribution in [1.82, 2.24) is 4.90 Å². The fourth-order valence-corrected chi connectivity index (χ4v) is 5.86. The Morgan fingerprint density at radius 1 is 1.05 bits per heavy atom. The maximum absolute atomic E-state index is 13.0. The SMILES string of the molecule is CC(=O)Nc1ccc(S(=O)(=O)Oc2cccc(/C=C3\SC(=O)N(CCOc4cc(C)ccc4C(C)C)C3=O)c2)cc1. The molecule has 1 N–H and O–H groups in total. The highest BCUT2D eigenvalue weighted by Gasteiger charge is 2.35. The second kappa shape index (κ2) is 12.6. The molecule has 0 aromatic heterocycles. The standard InChI is InChI=1S/C30H30N2O7S2/c1-19(2)26-13-8-20(3)16-27(26)38-15-14-32-29(34)28(40-30(32)35)18-22-6-5-7-24(17-22)39-41(36,37)25-11-9-23(10-12-25)31-21(4)33/h5-13,16-19H,14-15H2,1-4H3,(H,31,33)/b28-18-. The van der Waals surface area contributed by atoms with Crippen LogP contribution >= 0.6 is 11.8 Å². The number of hydrogen-bond donors (Lipinski definition) is 1. The van der Waals surface area contributed by atoms with E-state index >= 15 is 0 Å². The molecule has 41 heavy (non-hydrogen) atoms. The Labute approximate surface area is 243 Å². The molecule has 1 aliphatic heterocycles. The molecule has 0 radical (unpaired) electrons. The van der Waals surface area contributed by atoms with Crippen molar-refractivity contribution in [1.29, 1.82) is 0 Å². The predicted octanol–water partition coefficient (Wildman–Crippen LogP) is 5.96. The highest BCUT2D eigenvalue weighted by atomic mass is 32.2. The van der Waals surface area contributed by atoms with Gasteiger partial charge in [-0.05, 0) is 89.8 Å². The molecule has 0 atom stereocenters. The molecular formula is C30H30N2O7S2. The zero-order chi connectivity index (χ0) is 29.7. The number of thioether (sulfide) groups is 1. The largest absolute Gasteiger partial charge is 0.491 e. The lowest BCUT2D eigenvalue weighted by Gasteiger charge is -2.17. The first kappa shape index (κ1) is 29.9. The summed E-state index contributed by atoms with van der Waals surface area (Å²) >= 11 is 0.809. The van der Waals surface area contributed by atoms with Crippen LogP contribution < -0.4 is 14.2 Å². The molecule has 11 heteroatoms. The number of benzene rings is 3. The Hall–Kier alpha value is -4.09. The van der Waals surface area contributed by atoms with Crippen molar-refractivity contribution in [2.24, 2.45) is 0 Å². The fraction of sp³-hybridized carbons (Fsp3) is 0.233. The van der Waals surface area contributed by atoms with Crippen molar-refractivity contribution in [2.45, 2.75) is 38.5 Å². The van der Waals surface area contributed by atoms with Crippen LogP contribution in [0.1, 0.15) is 43.4 Å². The van der Waals surface area contributed by atoms with Gasteiger partial charge in [0.1, 0.15) is 23.0 Å². The number of ether oxygens (including phenoxy) is 1. The van der Waals surface area contributed by atoms with Crippen molar-refractivity contribution in [3.8, 4) is 11.5 Å². The van der Waals surface area contributed by atoms with E-state index in [1.54, 1.807) is 12.1 Å². The van der Waals surface area contributed by atoms with Crippen molar-refractivity contribution in [3.63, 3.8) is 0 Å².